The molecular formula is C18H16N6O3. The molecule has 3 aromatic heterocycles. The molecule has 4 heterocycles. The summed E-state index contributed by atoms with van der Waals surface area (Å²) in [5.74, 6) is -0.590. The van der Waals surface area contributed by atoms with E-state index in [2.05, 4.69) is 20.4 Å². The summed E-state index contributed by atoms with van der Waals surface area (Å²) in [6.07, 6.45) is 10.2. The normalized spacial score (nSPS) is 18.6. The summed E-state index contributed by atoms with van der Waals surface area (Å²) < 4.78 is 7.15. The molecule has 1 aliphatic heterocycles. The van der Waals surface area contributed by atoms with Gasteiger partial charge in [0.25, 0.3) is 5.79 Å². The van der Waals surface area contributed by atoms with Crippen molar-refractivity contribution in [1.29, 1.82) is 0 Å². The lowest BCUT2D eigenvalue weighted by atomic mass is 10.1. The molecule has 1 amide bonds. The van der Waals surface area contributed by atoms with Crippen LogP contribution in [0.2, 0.25) is 0 Å². The van der Waals surface area contributed by atoms with E-state index in [0.717, 1.165) is 10.5 Å². The standard InChI is InChI=1S/C18H16N6O3/c25-17(26)23(13-14-4-1-7-19-12-14)18(15-5-2-11-27-15)20-9-6-16(22-18)24-10-3-8-21-24/h1-12,22H,13H2,(H,25,26). The molecule has 0 spiro atoms. The molecule has 27 heavy (non-hydrogen) atoms. The molecule has 9 nitrogen and oxygen atoms in total. The highest BCUT2D eigenvalue weighted by atomic mass is 16.4. The number of hydrogen-bond donors (Lipinski definition) is 2. The van der Waals surface area contributed by atoms with Gasteiger partial charge in [0.1, 0.15) is 5.82 Å². The third kappa shape index (κ3) is 3.06. The maximum absolute atomic E-state index is 12.2. The fraction of sp³-hybridized carbons (Fsp3) is 0.111. The Balaban J connectivity index is 1.78. The second kappa shape index (κ2) is 6.79. The minimum atomic E-state index is -1.48. The van der Waals surface area contributed by atoms with Crippen LogP contribution in [0.3, 0.4) is 0 Å². The van der Waals surface area contributed by atoms with Gasteiger partial charge < -0.3 is 14.8 Å². The van der Waals surface area contributed by atoms with E-state index < -0.39 is 11.9 Å². The van der Waals surface area contributed by atoms with Crippen LogP contribution in [0.4, 0.5) is 4.79 Å². The molecule has 3 aromatic rings. The molecule has 0 fully saturated rings. The van der Waals surface area contributed by atoms with Crippen molar-refractivity contribution in [2.24, 2.45) is 4.99 Å². The lowest BCUT2D eigenvalue weighted by Gasteiger charge is -2.40. The molecule has 1 atom stereocenters. The molecule has 1 aliphatic rings. The molecule has 0 bridgehead atoms. The van der Waals surface area contributed by atoms with Crippen molar-refractivity contribution >= 4 is 18.1 Å². The van der Waals surface area contributed by atoms with E-state index in [0.29, 0.717) is 11.6 Å². The summed E-state index contributed by atoms with van der Waals surface area (Å²) in [6, 6.07) is 8.68. The van der Waals surface area contributed by atoms with Crippen LogP contribution in [-0.4, -0.2) is 37.1 Å². The summed E-state index contributed by atoms with van der Waals surface area (Å²) in [7, 11) is 0. The first-order valence-electron chi connectivity index (χ1n) is 8.16. The molecule has 2 N–H and O–H groups in total. The van der Waals surface area contributed by atoms with Crippen molar-refractivity contribution < 1.29 is 14.3 Å². The first-order valence-corrected chi connectivity index (χ1v) is 8.16. The van der Waals surface area contributed by atoms with Crippen LogP contribution >= 0.6 is 0 Å². The van der Waals surface area contributed by atoms with Gasteiger partial charge in [-0.3, -0.25) is 9.88 Å². The predicted molar refractivity (Wildman–Crippen MR) is 96.3 cm³/mol. The second-order valence-corrected chi connectivity index (χ2v) is 5.79. The maximum atomic E-state index is 12.2. The lowest BCUT2D eigenvalue weighted by molar-refractivity contribution is 0.0446. The van der Waals surface area contributed by atoms with Gasteiger partial charge in [0.15, 0.2) is 5.76 Å². The number of rotatable bonds is 5. The SMILES string of the molecule is O=C(O)N(Cc1cccnc1)C1(c2ccco2)N=CC=C(n2cccn2)N1. The number of carboxylic acid groups (broad SMARTS) is 1. The van der Waals surface area contributed by atoms with Gasteiger partial charge in [-0.1, -0.05) is 6.07 Å². The van der Waals surface area contributed by atoms with Gasteiger partial charge in [0.05, 0.1) is 12.8 Å². The number of aromatic nitrogens is 3. The van der Waals surface area contributed by atoms with Crippen molar-refractivity contribution in [3.8, 4) is 0 Å². The van der Waals surface area contributed by atoms with E-state index in [1.807, 2.05) is 0 Å². The molecule has 0 aromatic carbocycles. The Morgan fingerprint density at radius 2 is 2.22 bits per heavy atom. The van der Waals surface area contributed by atoms with Gasteiger partial charge >= 0.3 is 6.09 Å². The fourth-order valence-electron chi connectivity index (χ4n) is 2.88. The first kappa shape index (κ1) is 16.6. The van der Waals surface area contributed by atoms with Crippen molar-refractivity contribution in [2.75, 3.05) is 0 Å². The number of nitrogens with one attached hydrogen (secondary N) is 1. The Morgan fingerprint density at radius 1 is 1.30 bits per heavy atom. The zero-order valence-electron chi connectivity index (χ0n) is 14.1. The summed E-state index contributed by atoms with van der Waals surface area (Å²) in [4.78, 5) is 21.9. The van der Waals surface area contributed by atoms with Crippen molar-refractivity contribution in [2.45, 2.75) is 12.3 Å². The summed E-state index contributed by atoms with van der Waals surface area (Å²) in [6.45, 7) is 0.0562. The average Bonchev–Trinajstić information content (AvgIpc) is 3.41. The van der Waals surface area contributed by atoms with E-state index in [-0.39, 0.29) is 6.54 Å². The molecule has 1 unspecified atom stereocenters. The van der Waals surface area contributed by atoms with Gasteiger partial charge in [0, 0.05) is 31.0 Å². The van der Waals surface area contributed by atoms with E-state index in [4.69, 9.17) is 4.42 Å². The highest BCUT2D eigenvalue weighted by Gasteiger charge is 2.46. The number of pyridine rings is 1. The van der Waals surface area contributed by atoms with Crippen LogP contribution in [-0.2, 0) is 12.3 Å². The van der Waals surface area contributed by atoms with E-state index >= 15 is 0 Å². The molecule has 0 saturated carbocycles. The topological polar surface area (TPSA) is 109 Å². The van der Waals surface area contributed by atoms with Crippen LogP contribution in [0.25, 0.3) is 5.82 Å². The van der Waals surface area contributed by atoms with Gasteiger partial charge in [-0.25, -0.2) is 14.5 Å². The first-order chi connectivity index (χ1) is 13.2. The molecule has 0 saturated heterocycles. The zero-order valence-corrected chi connectivity index (χ0v) is 14.1. The number of nitrogens with zero attached hydrogens (tertiary/aromatic N) is 5. The van der Waals surface area contributed by atoms with Crippen molar-refractivity contribution in [3.05, 3.63) is 78.8 Å². The fourth-order valence-corrected chi connectivity index (χ4v) is 2.88. The maximum Gasteiger partial charge on any atom is 0.411 e. The Kier molecular flexibility index (Phi) is 4.17. The smallest absolute Gasteiger partial charge is 0.411 e. The van der Waals surface area contributed by atoms with E-state index in [1.54, 1.807) is 65.9 Å². The highest BCUT2D eigenvalue weighted by Crippen LogP contribution is 2.33. The van der Waals surface area contributed by atoms with Crippen LogP contribution < -0.4 is 5.32 Å². The molecular weight excluding hydrogens is 348 g/mol. The van der Waals surface area contributed by atoms with E-state index in [9.17, 15) is 9.90 Å². The van der Waals surface area contributed by atoms with Crippen LogP contribution in [0, 0.1) is 0 Å². The van der Waals surface area contributed by atoms with Gasteiger partial charge in [0.2, 0.25) is 0 Å². The lowest BCUT2D eigenvalue weighted by Crippen LogP contribution is -2.57. The Morgan fingerprint density at radius 3 is 2.89 bits per heavy atom. The monoisotopic (exact) mass is 364 g/mol. The molecule has 4 rings (SSSR count). The van der Waals surface area contributed by atoms with Gasteiger partial charge in [-0.2, -0.15) is 5.10 Å². The number of amides is 1. The number of furan rings is 1. The minimum Gasteiger partial charge on any atom is -0.465 e. The molecule has 0 aliphatic carbocycles. The highest BCUT2D eigenvalue weighted by molar-refractivity contribution is 5.81. The Hall–Kier alpha value is -3.88. The van der Waals surface area contributed by atoms with Crippen LogP contribution in [0.5, 0.6) is 0 Å². The van der Waals surface area contributed by atoms with Gasteiger partial charge in [-0.15, -0.1) is 0 Å². The summed E-state index contributed by atoms with van der Waals surface area (Å²) in [5.41, 5.74) is 0.720. The third-order valence-electron chi connectivity index (χ3n) is 4.10. The number of carbonyl (C=O) groups is 1. The summed E-state index contributed by atoms with van der Waals surface area (Å²) in [5, 5.41) is 17.3. The number of allylic oxidation sites excluding steroid dienone is 1. The Labute approximate surface area is 154 Å². The minimum absolute atomic E-state index is 0.0562. The summed E-state index contributed by atoms with van der Waals surface area (Å²) >= 11 is 0. The average molecular weight is 364 g/mol. The largest absolute Gasteiger partial charge is 0.465 e. The number of hydrogen-bond acceptors (Lipinski definition) is 6. The Bertz CT molecular complexity index is 966. The van der Waals surface area contributed by atoms with Crippen molar-refractivity contribution in [1.82, 2.24) is 25.0 Å². The third-order valence-corrected chi connectivity index (χ3v) is 4.10. The van der Waals surface area contributed by atoms with E-state index in [1.165, 1.54) is 12.5 Å². The van der Waals surface area contributed by atoms with Crippen molar-refractivity contribution in [3.63, 3.8) is 0 Å². The molecule has 136 valence electrons. The van der Waals surface area contributed by atoms with Gasteiger partial charge in [-0.05, 0) is 35.9 Å². The van der Waals surface area contributed by atoms with Crippen LogP contribution in [0.1, 0.15) is 11.3 Å². The predicted octanol–water partition coefficient (Wildman–Crippen LogP) is 2.33. The quantitative estimate of drug-likeness (QED) is 0.719. The molecule has 9 heteroatoms. The van der Waals surface area contributed by atoms with Crippen LogP contribution in [0.15, 0.2) is 76.9 Å². The number of aliphatic imine (C=N–C) groups is 1. The second-order valence-electron chi connectivity index (χ2n) is 5.79. The molecule has 0 radical (unpaired) electrons. The zero-order chi connectivity index (χ0) is 18.7.